The van der Waals surface area contributed by atoms with Crippen molar-refractivity contribution in [3.8, 4) is 0 Å². The van der Waals surface area contributed by atoms with Gasteiger partial charge in [-0.1, -0.05) is 6.07 Å². The molecule has 1 N–H and O–H groups in total. The molecule has 2 nitrogen and oxygen atoms in total. The first-order valence-corrected chi connectivity index (χ1v) is 5.64. The second kappa shape index (κ2) is 6.94. The van der Waals surface area contributed by atoms with Crippen LogP contribution in [0.25, 0.3) is 0 Å². The van der Waals surface area contributed by atoms with E-state index in [9.17, 15) is 26.3 Å². The van der Waals surface area contributed by atoms with Crippen molar-refractivity contribution in [2.45, 2.75) is 18.4 Å². The monoisotopic (exact) mass is 301 g/mol. The number of nitrogens with one attached hydrogen (secondary N) is 1. The van der Waals surface area contributed by atoms with Crippen LogP contribution in [0.15, 0.2) is 18.2 Å². The first kappa shape index (κ1) is 16.8. The lowest BCUT2D eigenvalue weighted by Gasteiger charge is -2.20. The molecule has 114 valence electrons. The van der Waals surface area contributed by atoms with Crippen molar-refractivity contribution in [2.75, 3.05) is 20.3 Å². The van der Waals surface area contributed by atoms with Gasteiger partial charge in [0.15, 0.2) is 0 Å². The van der Waals surface area contributed by atoms with Crippen LogP contribution >= 0.6 is 0 Å². The van der Waals surface area contributed by atoms with Crippen LogP contribution in [0.5, 0.6) is 0 Å². The maximum atomic E-state index is 13.5. The number of likely N-dealkylation sites (N-methyl/N-ethyl adjacent to an activating group) is 1. The van der Waals surface area contributed by atoms with Gasteiger partial charge in [0.25, 0.3) is 0 Å². The summed E-state index contributed by atoms with van der Waals surface area (Å²) in [5, 5.41) is 2.48. The third-order valence-electron chi connectivity index (χ3n) is 2.59. The van der Waals surface area contributed by atoms with E-state index in [1.807, 2.05) is 0 Å². The molecular formula is C12H13F6NO. The number of halogens is 6. The molecular weight excluding hydrogens is 288 g/mol. The highest BCUT2D eigenvalue weighted by Crippen LogP contribution is 2.25. The fourth-order valence-corrected chi connectivity index (χ4v) is 1.53. The molecule has 1 aromatic carbocycles. The SMILES string of the molecule is CNC(COCC(F)(F)C(F)F)c1c(F)cccc1F. The summed E-state index contributed by atoms with van der Waals surface area (Å²) in [6.45, 7) is -2.10. The van der Waals surface area contributed by atoms with Gasteiger partial charge in [-0.25, -0.2) is 17.6 Å². The fourth-order valence-electron chi connectivity index (χ4n) is 1.53. The van der Waals surface area contributed by atoms with Gasteiger partial charge >= 0.3 is 12.3 Å². The lowest BCUT2D eigenvalue weighted by atomic mass is 10.1. The van der Waals surface area contributed by atoms with E-state index in [1.54, 1.807) is 0 Å². The summed E-state index contributed by atoms with van der Waals surface area (Å²) >= 11 is 0. The van der Waals surface area contributed by atoms with Crippen molar-refractivity contribution in [2.24, 2.45) is 0 Å². The third-order valence-corrected chi connectivity index (χ3v) is 2.59. The lowest BCUT2D eigenvalue weighted by molar-refractivity contribution is -0.167. The molecule has 0 amide bonds. The third kappa shape index (κ3) is 4.11. The minimum atomic E-state index is -4.30. The zero-order valence-electron chi connectivity index (χ0n) is 10.5. The second-order valence-corrected chi connectivity index (χ2v) is 4.05. The van der Waals surface area contributed by atoms with Gasteiger partial charge in [0.2, 0.25) is 0 Å². The molecule has 0 aliphatic rings. The van der Waals surface area contributed by atoms with E-state index in [0.29, 0.717) is 0 Å². The zero-order chi connectivity index (χ0) is 15.3. The first-order chi connectivity index (χ1) is 9.29. The summed E-state index contributed by atoms with van der Waals surface area (Å²) in [5.41, 5.74) is -0.393. The van der Waals surface area contributed by atoms with Crippen LogP contribution in [0, 0.1) is 11.6 Å². The molecule has 0 bridgehead atoms. The van der Waals surface area contributed by atoms with Gasteiger partial charge in [0.1, 0.15) is 18.2 Å². The molecule has 0 fully saturated rings. The molecule has 0 heterocycles. The Morgan fingerprint density at radius 1 is 1.20 bits per heavy atom. The second-order valence-electron chi connectivity index (χ2n) is 4.05. The molecule has 0 spiro atoms. The molecule has 0 radical (unpaired) electrons. The summed E-state index contributed by atoms with van der Waals surface area (Å²) in [5.74, 6) is -6.06. The maximum absolute atomic E-state index is 13.5. The van der Waals surface area contributed by atoms with Crippen molar-refractivity contribution >= 4 is 0 Å². The van der Waals surface area contributed by atoms with Crippen molar-refractivity contribution < 1.29 is 31.1 Å². The molecule has 8 heteroatoms. The van der Waals surface area contributed by atoms with Crippen molar-refractivity contribution in [1.82, 2.24) is 5.32 Å². The van der Waals surface area contributed by atoms with Gasteiger partial charge in [0, 0.05) is 5.56 Å². The topological polar surface area (TPSA) is 21.3 Å². The predicted octanol–water partition coefficient (Wildman–Crippen LogP) is 3.14. The van der Waals surface area contributed by atoms with Crippen LogP contribution in [0.2, 0.25) is 0 Å². The largest absolute Gasteiger partial charge is 0.373 e. The highest BCUT2D eigenvalue weighted by atomic mass is 19.3. The number of alkyl halides is 4. The highest BCUT2D eigenvalue weighted by molar-refractivity contribution is 5.23. The standard InChI is InChI=1S/C12H13F6NO/c1-19-9(5-20-6-12(17,18)11(15)16)10-7(13)3-2-4-8(10)14/h2-4,9,11,19H,5-6H2,1H3. The van der Waals surface area contributed by atoms with E-state index >= 15 is 0 Å². The Bertz CT molecular complexity index is 420. The predicted molar refractivity (Wildman–Crippen MR) is 59.9 cm³/mol. The number of hydrogen-bond acceptors (Lipinski definition) is 2. The number of ether oxygens (including phenoxy) is 1. The average molecular weight is 301 g/mol. The molecule has 1 unspecified atom stereocenters. The van der Waals surface area contributed by atoms with Crippen LogP contribution in [0.3, 0.4) is 0 Å². The normalized spacial score (nSPS) is 13.8. The maximum Gasteiger partial charge on any atom is 0.330 e. The summed E-state index contributed by atoms with van der Waals surface area (Å²) < 4.78 is 80.4. The molecule has 1 rings (SSSR count). The van der Waals surface area contributed by atoms with Crippen molar-refractivity contribution in [1.29, 1.82) is 0 Å². The van der Waals surface area contributed by atoms with E-state index in [0.717, 1.165) is 18.2 Å². The zero-order valence-corrected chi connectivity index (χ0v) is 10.5. The minimum absolute atomic E-state index is 0.393. The van der Waals surface area contributed by atoms with Crippen LogP contribution in [-0.4, -0.2) is 32.6 Å². The lowest BCUT2D eigenvalue weighted by Crippen LogP contribution is -2.34. The van der Waals surface area contributed by atoms with E-state index in [1.165, 1.54) is 7.05 Å². The number of rotatable bonds is 7. The average Bonchev–Trinajstić information content (AvgIpc) is 2.36. The van der Waals surface area contributed by atoms with E-state index < -0.39 is 48.8 Å². The van der Waals surface area contributed by atoms with E-state index in [2.05, 4.69) is 10.1 Å². The van der Waals surface area contributed by atoms with Crippen LogP contribution in [-0.2, 0) is 4.74 Å². The van der Waals surface area contributed by atoms with Crippen molar-refractivity contribution in [3.05, 3.63) is 35.4 Å². The van der Waals surface area contributed by atoms with Gasteiger partial charge in [-0.05, 0) is 19.2 Å². The van der Waals surface area contributed by atoms with Crippen LogP contribution in [0.1, 0.15) is 11.6 Å². The molecule has 0 aliphatic heterocycles. The number of hydrogen-bond donors (Lipinski definition) is 1. The quantitative estimate of drug-likeness (QED) is 0.781. The molecule has 0 aromatic heterocycles. The molecule has 1 aromatic rings. The molecule has 20 heavy (non-hydrogen) atoms. The smallest absolute Gasteiger partial charge is 0.330 e. The van der Waals surface area contributed by atoms with Crippen LogP contribution in [0.4, 0.5) is 26.3 Å². The highest BCUT2D eigenvalue weighted by Gasteiger charge is 2.41. The molecule has 0 saturated heterocycles. The molecule has 0 saturated carbocycles. The van der Waals surface area contributed by atoms with Gasteiger partial charge in [-0.3, -0.25) is 0 Å². The van der Waals surface area contributed by atoms with E-state index in [-0.39, 0.29) is 0 Å². The Morgan fingerprint density at radius 2 is 1.75 bits per heavy atom. The van der Waals surface area contributed by atoms with E-state index in [4.69, 9.17) is 0 Å². The van der Waals surface area contributed by atoms with Gasteiger partial charge < -0.3 is 10.1 Å². The number of benzene rings is 1. The van der Waals surface area contributed by atoms with Gasteiger partial charge in [-0.15, -0.1) is 0 Å². The Hall–Kier alpha value is -1.28. The summed E-state index contributed by atoms with van der Waals surface area (Å²) in [4.78, 5) is 0. The fraction of sp³-hybridized carbons (Fsp3) is 0.500. The summed E-state index contributed by atoms with van der Waals surface area (Å²) in [6.07, 6.45) is -3.86. The van der Waals surface area contributed by atoms with Gasteiger partial charge in [0.05, 0.1) is 12.6 Å². The minimum Gasteiger partial charge on any atom is -0.373 e. The Kier molecular flexibility index (Phi) is 5.82. The Labute approximate surface area is 111 Å². The Balaban J connectivity index is 2.70. The Morgan fingerprint density at radius 3 is 2.20 bits per heavy atom. The van der Waals surface area contributed by atoms with Crippen molar-refractivity contribution in [3.63, 3.8) is 0 Å². The first-order valence-electron chi connectivity index (χ1n) is 5.64. The summed E-state index contributed by atoms with van der Waals surface area (Å²) in [7, 11) is 1.34. The summed E-state index contributed by atoms with van der Waals surface area (Å²) in [6, 6.07) is 2.07. The van der Waals surface area contributed by atoms with Gasteiger partial charge in [-0.2, -0.15) is 8.78 Å². The van der Waals surface area contributed by atoms with Crippen LogP contribution < -0.4 is 5.32 Å². The molecule has 1 atom stereocenters. The molecule has 0 aliphatic carbocycles.